The predicted octanol–water partition coefficient (Wildman–Crippen LogP) is 3.52. The van der Waals surface area contributed by atoms with Crippen molar-refractivity contribution >= 4 is 53.0 Å². The molecule has 4 aromatic rings. The van der Waals surface area contributed by atoms with Crippen LogP contribution in [0.5, 0.6) is 0 Å². The van der Waals surface area contributed by atoms with Gasteiger partial charge in [-0.2, -0.15) is 0 Å². The van der Waals surface area contributed by atoms with E-state index >= 15 is 0 Å². The maximum absolute atomic E-state index is 14.4. The molecule has 7 N–H and O–H groups in total. The normalized spacial score (nSPS) is 23.4. The molecule has 5 amide bonds. The minimum atomic E-state index is -1.76. The van der Waals surface area contributed by atoms with Crippen LogP contribution in [0.4, 0.5) is 5.69 Å². The van der Waals surface area contributed by atoms with Crippen molar-refractivity contribution in [1.82, 2.24) is 21.3 Å². The molecule has 58 heavy (non-hydrogen) atoms. The summed E-state index contributed by atoms with van der Waals surface area (Å²) in [5, 5.41) is 36.1. The highest BCUT2D eigenvalue weighted by molar-refractivity contribution is 8.03. The zero-order valence-electron chi connectivity index (χ0n) is 31.5. The van der Waals surface area contributed by atoms with Gasteiger partial charge in [0, 0.05) is 30.2 Å². The van der Waals surface area contributed by atoms with Gasteiger partial charge < -0.3 is 36.8 Å². The van der Waals surface area contributed by atoms with Crippen molar-refractivity contribution in [3.8, 4) is 11.1 Å². The van der Waals surface area contributed by atoms with Crippen LogP contribution in [0.2, 0.25) is 0 Å². The molecule has 3 aliphatic heterocycles. The fourth-order valence-electron chi connectivity index (χ4n) is 6.77. The van der Waals surface area contributed by atoms with Crippen molar-refractivity contribution in [3.05, 3.63) is 137 Å². The van der Waals surface area contributed by atoms with Crippen LogP contribution in [0.15, 0.2) is 121 Å². The molecule has 3 aliphatic rings. The largest absolute Gasteiger partial charge is 0.480 e. The summed E-state index contributed by atoms with van der Waals surface area (Å²) in [6, 6.07) is 27.2. The molecule has 6 atom stereocenters. The predicted molar refractivity (Wildman–Crippen MR) is 220 cm³/mol. The number of rotatable bonds is 8. The number of nitrogens with one attached hydrogen (secondary N) is 5. The van der Waals surface area contributed by atoms with E-state index in [-0.39, 0.29) is 36.6 Å². The Morgan fingerprint density at radius 1 is 0.621 bits per heavy atom. The first-order valence-electron chi connectivity index (χ1n) is 19.0. The summed E-state index contributed by atoms with van der Waals surface area (Å²) in [6.07, 6.45) is 0.253. The van der Waals surface area contributed by atoms with E-state index in [1.165, 1.54) is 23.9 Å². The number of thioether (sulfide) groups is 1. The number of allylic oxidation sites excluding steroid dienone is 1. The van der Waals surface area contributed by atoms with Crippen LogP contribution in [0.3, 0.4) is 0 Å². The van der Waals surface area contributed by atoms with Crippen molar-refractivity contribution < 1.29 is 39.0 Å². The Morgan fingerprint density at radius 2 is 1.19 bits per heavy atom. The third kappa shape index (κ3) is 11.6. The van der Waals surface area contributed by atoms with Crippen LogP contribution >= 0.6 is 11.8 Å². The lowest BCUT2D eigenvalue weighted by molar-refractivity contribution is -0.142. The fourth-order valence-corrected chi connectivity index (χ4v) is 7.74. The zero-order valence-corrected chi connectivity index (χ0v) is 32.3. The summed E-state index contributed by atoms with van der Waals surface area (Å²) in [4.78, 5) is 81.2. The molecule has 0 fully saturated rings. The Hall–Kier alpha value is -6.25. The van der Waals surface area contributed by atoms with E-state index in [0.29, 0.717) is 23.1 Å². The number of aliphatic carboxylic acids is 1. The van der Waals surface area contributed by atoms with Gasteiger partial charge in [0.15, 0.2) is 0 Å². The molecule has 0 aromatic heterocycles. The van der Waals surface area contributed by atoms with E-state index in [2.05, 4.69) is 26.6 Å². The Labute approximate surface area is 340 Å². The number of hydrogen-bond acceptors (Lipinski definition) is 8. The van der Waals surface area contributed by atoms with E-state index in [0.717, 1.165) is 11.1 Å². The van der Waals surface area contributed by atoms with Gasteiger partial charge >= 0.3 is 5.97 Å². The van der Waals surface area contributed by atoms with Crippen LogP contribution < -0.4 is 26.6 Å². The second kappa shape index (κ2) is 19.7. The maximum Gasteiger partial charge on any atom is 0.326 e. The van der Waals surface area contributed by atoms with Gasteiger partial charge in [-0.25, -0.2) is 4.79 Å². The van der Waals surface area contributed by atoms with Crippen LogP contribution in [-0.2, 0) is 48.0 Å². The van der Waals surface area contributed by atoms with E-state index in [1.807, 2.05) is 66.1 Å². The Balaban J connectivity index is 1.34. The lowest BCUT2D eigenvalue weighted by Crippen LogP contribution is -2.59. The molecule has 0 radical (unpaired) electrons. The molecule has 4 aromatic carbocycles. The second-order valence-corrected chi connectivity index (χ2v) is 15.5. The number of amides is 5. The number of carboxylic acid groups (broad SMARTS) is 1. The van der Waals surface area contributed by atoms with Gasteiger partial charge in [0.05, 0.1) is 6.42 Å². The molecule has 0 aliphatic carbocycles. The zero-order chi connectivity index (χ0) is 41.0. The van der Waals surface area contributed by atoms with Crippen molar-refractivity contribution in [2.24, 2.45) is 0 Å². The van der Waals surface area contributed by atoms with Gasteiger partial charge in [-0.05, 0) is 58.2 Å². The maximum atomic E-state index is 14.4. The van der Waals surface area contributed by atoms with Gasteiger partial charge in [0.25, 0.3) is 5.91 Å². The fraction of sp³-hybridized carbons (Fsp3) is 0.273. The number of carbonyl (C=O) groups excluding carboxylic acids is 5. The standard InChI is InChI=1S/C44H45N5O8S/c50-38-26-39(51)46-36(25-33-12-7-21-58-33)42(54)48-35(23-28-13-17-31(18-14-28)30-10-5-2-6-11-30)40(52)47-34(22-27-8-3-1-4-9-27)41(53)49-37(44(56)57)24-29-15-19-32(20-16-29)45-43(38)55/h1-11,13-21,33-38,50H,12,22-26H2,(H,45,55)(H,46,51)(H,47,52)(H,48,54)(H,49,53)(H,56,57)/t33?,34-,35-,36-,37+,38+/m0/s1. The Bertz CT molecular complexity index is 2110. The molecule has 14 heteroatoms. The summed E-state index contributed by atoms with van der Waals surface area (Å²) in [5.74, 6) is -5.06. The summed E-state index contributed by atoms with van der Waals surface area (Å²) in [6.45, 7) is 0. The SMILES string of the molecule is O=C1C[C@@H](O)C(=O)Nc2ccc(cc2)C[C@H](C(=O)O)NC(=O)[C@H](Cc2ccccc2)NC(=O)[C@H](Cc2ccc(-c3ccccc3)cc2)NC(=O)[C@H](CC2CC=CS2)N1. The topological polar surface area (TPSA) is 203 Å². The van der Waals surface area contributed by atoms with Gasteiger partial charge in [-0.1, -0.05) is 103 Å². The summed E-state index contributed by atoms with van der Waals surface area (Å²) >= 11 is 1.50. The molecule has 0 saturated carbocycles. The van der Waals surface area contributed by atoms with E-state index in [1.54, 1.807) is 42.5 Å². The number of anilines is 1. The number of aliphatic hydroxyl groups is 1. The van der Waals surface area contributed by atoms with Crippen LogP contribution in [0.1, 0.15) is 36.0 Å². The first-order chi connectivity index (χ1) is 28.0. The second-order valence-electron chi connectivity index (χ2n) is 14.3. The highest BCUT2D eigenvalue weighted by Gasteiger charge is 2.34. The highest BCUT2D eigenvalue weighted by Crippen LogP contribution is 2.28. The van der Waals surface area contributed by atoms with Gasteiger partial charge in [-0.3, -0.25) is 24.0 Å². The molecular formula is C44H45N5O8S. The highest BCUT2D eigenvalue weighted by atomic mass is 32.2. The summed E-state index contributed by atoms with van der Waals surface area (Å²) < 4.78 is 0. The van der Waals surface area contributed by atoms with Crippen LogP contribution in [-0.4, -0.2) is 81.2 Å². The Morgan fingerprint density at radius 3 is 1.79 bits per heavy atom. The molecule has 300 valence electrons. The van der Waals surface area contributed by atoms with Crippen molar-refractivity contribution in [2.75, 3.05) is 5.32 Å². The lowest BCUT2D eigenvalue weighted by atomic mass is 9.99. The van der Waals surface area contributed by atoms with Crippen molar-refractivity contribution in [1.29, 1.82) is 0 Å². The molecule has 3 heterocycles. The first kappa shape index (κ1) is 41.4. The molecule has 7 rings (SSSR count). The third-order valence-corrected chi connectivity index (χ3v) is 11.0. The summed E-state index contributed by atoms with van der Waals surface area (Å²) in [5.41, 5.74) is 4.12. The molecule has 13 nitrogen and oxygen atoms in total. The van der Waals surface area contributed by atoms with Crippen molar-refractivity contribution in [2.45, 2.75) is 74.0 Å². The summed E-state index contributed by atoms with van der Waals surface area (Å²) in [7, 11) is 0. The van der Waals surface area contributed by atoms with E-state index in [4.69, 9.17) is 0 Å². The monoisotopic (exact) mass is 803 g/mol. The van der Waals surface area contributed by atoms with Crippen LogP contribution in [0.25, 0.3) is 11.1 Å². The van der Waals surface area contributed by atoms with Gasteiger partial charge in [-0.15, -0.1) is 11.8 Å². The molecule has 0 saturated heterocycles. The molecule has 1 unspecified atom stereocenters. The quantitative estimate of drug-likeness (QED) is 0.130. The number of carbonyl (C=O) groups is 6. The van der Waals surface area contributed by atoms with E-state index in [9.17, 15) is 39.0 Å². The minimum Gasteiger partial charge on any atom is -0.480 e. The third-order valence-electron chi connectivity index (χ3n) is 9.92. The number of aliphatic hydroxyl groups excluding tert-OH is 1. The molecule has 0 spiro atoms. The molecular weight excluding hydrogens is 759 g/mol. The number of carboxylic acids is 1. The average Bonchev–Trinajstić information content (AvgIpc) is 3.74. The average molecular weight is 804 g/mol. The van der Waals surface area contributed by atoms with E-state index < -0.39 is 72.2 Å². The van der Waals surface area contributed by atoms with Crippen LogP contribution in [0, 0.1) is 0 Å². The number of fused-ring (bicyclic) bond motifs is 18. The molecule has 2 bridgehead atoms. The number of benzene rings is 4. The lowest BCUT2D eigenvalue weighted by Gasteiger charge is -2.27. The smallest absolute Gasteiger partial charge is 0.326 e. The first-order valence-corrected chi connectivity index (χ1v) is 19.9. The minimum absolute atomic E-state index is 0.000815. The van der Waals surface area contributed by atoms with Gasteiger partial charge in [0.1, 0.15) is 30.3 Å². The Kier molecular flexibility index (Phi) is 14.1. The number of hydrogen-bond donors (Lipinski definition) is 7. The van der Waals surface area contributed by atoms with Crippen molar-refractivity contribution in [3.63, 3.8) is 0 Å². The van der Waals surface area contributed by atoms with Gasteiger partial charge in [0.2, 0.25) is 23.6 Å².